The Hall–Kier alpha value is -1.84. The lowest BCUT2D eigenvalue weighted by atomic mass is 9.64. The third-order valence-corrected chi connectivity index (χ3v) is 4.58. The minimum absolute atomic E-state index is 0.0288. The summed E-state index contributed by atoms with van der Waals surface area (Å²) < 4.78 is 0. The fourth-order valence-corrected chi connectivity index (χ4v) is 2.70. The molecule has 0 heterocycles. The van der Waals surface area contributed by atoms with E-state index < -0.39 is 16.8 Å². The number of hydrogen-bond donors (Lipinski definition) is 2. The molecular weight excluding hydrogens is 266 g/mol. The van der Waals surface area contributed by atoms with E-state index in [9.17, 15) is 9.59 Å². The first-order valence-corrected chi connectivity index (χ1v) is 7.46. The molecule has 4 nitrogen and oxygen atoms in total. The average molecular weight is 289 g/mol. The van der Waals surface area contributed by atoms with E-state index in [-0.39, 0.29) is 5.91 Å². The van der Waals surface area contributed by atoms with Gasteiger partial charge < -0.3 is 10.4 Å². The minimum Gasteiger partial charge on any atom is -0.481 e. The van der Waals surface area contributed by atoms with Crippen LogP contribution in [0.15, 0.2) is 30.3 Å². The van der Waals surface area contributed by atoms with Crippen LogP contribution in [-0.2, 0) is 15.0 Å². The molecule has 1 aliphatic rings. The first-order chi connectivity index (χ1) is 9.88. The van der Waals surface area contributed by atoms with Crippen molar-refractivity contribution in [2.75, 3.05) is 6.54 Å². The summed E-state index contributed by atoms with van der Waals surface area (Å²) in [5, 5.41) is 12.0. The number of carboxylic acid groups (broad SMARTS) is 1. The molecule has 21 heavy (non-hydrogen) atoms. The minimum atomic E-state index is -0.835. The summed E-state index contributed by atoms with van der Waals surface area (Å²) >= 11 is 0. The van der Waals surface area contributed by atoms with Gasteiger partial charge in [0.05, 0.1) is 10.8 Å². The Balaban J connectivity index is 1.98. The van der Waals surface area contributed by atoms with Crippen molar-refractivity contribution in [2.45, 2.75) is 44.9 Å². The maximum absolute atomic E-state index is 12.5. The molecule has 0 aromatic heterocycles. The lowest BCUT2D eigenvalue weighted by Crippen LogP contribution is -2.49. The van der Waals surface area contributed by atoms with Gasteiger partial charge in [-0.15, -0.1) is 0 Å². The van der Waals surface area contributed by atoms with Crippen molar-refractivity contribution < 1.29 is 14.7 Å². The molecule has 4 heteroatoms. The smallest absolute Gasteiger partial charge is 0.309 e. The maximum atomic E-state index is 12.5. The second-order valence-corrected chi connectivity index (χ2v) is 6.50. The van der Waals surface area contributed by atoms with E-state index in [1.807, 2.05) is 30.3 Å². The van der Waals surface area contributed by atoms with Crippen molar-refractivity contribution in [3.05, 3.63) is 35.9 Å². The molecule has 1 aromatic carbocycles. The van der Waals surface area contributed by atoms with Crippen LogP contribution in [0.25, 0.3) is 0 Å². The van der Waals surface area contributed by atoms with Crippen LogP contribution in [-0.4, -0.2) is 23.5 Å². The average Bonchev–Trinajstić information content (AvgIpc) is 2.38. The molecule has 2 N–H and O–H groups in total. The summed E-state index contributed by atoms with van der Waals surface area (Å²) in [5.74, 6) is -0.806. The molecule has 0 spiro atoms. The van der Waals surface area contributed by atoms with Crippen LogP contribution in [0.2, 0.25) is 0 Å². The maximum Gasteiger partial charge on any atom is 0.309 e. The SMILES string of the molecule is CC(C)(CCNC(=O)C1(c2ccccc2)CCC1)C(=O)O. The number of carboxylic acids is 1. The van der Waals surface area contributed by atoms with Crippen molar-refractivity contribution >= 4 is 11.9 Å². The van der Waals surface area contributed by atoms with E-state index in [1.165, 1.54) is 0 Å². The molecule has 0 atom stereocenters. The molecule has 0 bridgehead atoms. The van der Waals surface area contributed by atoms with Crippen molar-refractivity contribution in [1.82, 2.24) is 5.32 Å². The molecule has 1 saturated carbocycles. The Bertz CT molecular complexity index is 518. The van der Waals surface area contributed by atoms with Gasteiger partial charge in [0.15, 0.2) is 0 Å². The number of amides is 1. The number of benzene rings is 1. The third kappa shape index (κ3) is 3.09. The van der Waals surface area contributed by atoms with Gasteiger partial charge in [-0.3, -0.25) is 9.59 Å². The lowest BCUT2D eigenvalue weighted by Gasteiger charge is -2.41. The summed E-state index contributed by atoms with van der Waals surface area (Å²) in [5.41, 5.74) is -0.159. The predicted molar refractivity (Wildman–Crippen MR) is 81.0 cm³/mol. The number of aliphatic carboxylic acids is 1. The molecule has 114 valence electrons. The van der Waals surface area contributed by atoms with Gasteiger partial charge in [-0.2, -0.15) is 0 Å². The molecule has 1 aromatic rings. The lowest BCUT2D eigenvalue weighted by molar-refractivity contribution is -0.147. The Kier molecular flexibility index (Phi) is 4.35. The first kappa shape index (κ1) is 15.5. The number of rotatable bonds is 6. The van der Waals surface area contributed by atoms with E-state index in [0.717, 1.165) is 24.8 Å². The fraction of sp³-hybridized carbons (Fsp3) is 0.529. The highest BCUT2D eigenvalue weighted by Crippen LogP contribution is 2.43. The molecule has 1 amide bonds. The highest BCUT2D eigenvalue weighted by Gasteiger charge is 2.45. The topological polar surface area (TPSA) is 66.4 Å². The highest BCUT2D eigenvalue weighted by atomic mass is 16.4. The normalized spacial score (nSPS) is 16.9. The number of carbonyl (C=O) groups is 2. The van der Waals surface area contributed by atoms with Crippen LogP contribution in [0, 0.1) is 5.41 Å². The summed E-state index contributed by atoms with van der Waals surface area (Å²) in [6.07, 6.45) is 3.22. The van der Waals surface area contributed by atoms with Crippen molar-refractivity contribution in [1.29, 1.82) is 0 Å². The monoisotopic (exact) mass is 289 g/mol. The van der Waals surface area contributed by atoms with Gasteiger partial charge in [0.25, 0.3) is 0 Å². The van der Waals surface area contributed by atoms with Crippen LogP contribution in [0.4, 0.5) is 0 Å². The summed E-state index contributed by atoms with van der Waals surface area (Å²) in [7, 11) is 0. The first-order valence-electron chi connectivity index (χ1n) is 7.46. The molecule has 1 fully saturated rings. The summed E-state index contributed by atoms with van der Waals surface area (Å²) in [6, 6.07) is 9.86. The molecular formula is C17H23NO3. The van der Waals surface area contributed by atoms with Gasteiger partial charge in [0.2, 0.25) is 5.91 Å². The second kappa shape index (κ2) is 5.88. The van der Waals surface area contributed by atoms with Crippen LogP contribution in [0.3, 0.4) is 0 Å². The molecule has 0 unspecified atom stereocenters. The van der Waals surface area contributed by atoms with Crippen LogP contribution in [0.1, 0.15) is 45.1 Å². The fourth-order valence-electron chi connectivity index (χ4n) is 2.70. The molecule has 0 aliphatic heterocycles. The Labute approximate surface area is 125 Å². The number of carbonyl (C=O) groups excluding carboxylic acids is 1. The van der Waals surface area contributed by atoms with Crippen LogP contribution >= 0.6 is 0 Å². The van der Waals surface area contributed by atoms with Gasteiger partial charge in [0.1, 0.15) is 0 Å². The van der Waals surface area contributed by atoms with Crippen molar-refractivity contribution in [2.24, 2.45) is 5.41 Å². The molecule has 0 radical (unpaired) electrons. The molecule has 0 saturated heterocycles. The zero-order valence-corrected chi connectivity index (χ0v) is 12.7. The second-order valence-electron chi connectivity index (χ2n) is 6.50. The zero-order valence-electron chi connectivity index (χ0n) is 12.7. The summed E-state index contributed by atoms with van der Waals surface area (Å²) in [6.45, 7) is 3.75. The third-order valence-electron chi connectivity index (χ3n) is 4.58. The molecule has 2 rings (SSSR count). The van der Waals surface area contributed by atoms with E-state index in [2.05, 4.69) is 5.32 Å². The van der Waals surface area contributed by atoms with Gasteiger partial charge in [-0.05, 0) is 38.7 Å². The Morgan fingerprint density at radius 3 is 2.33 bits per heavy atom. The van der Waals surface area contributed by atoms with Gasteiger partial charge in [-0.1, -0.05) is 36.8 Å². The highest BCUT2D eigenvalue weighted by molar-refractivity contribution is 5.89. The van der Waals surface area contributed by atoms with E-state index in [0.29, 0.717) is 13.0 Å². The van der Waals surface area contributed by atoms with Crippen molar-refractivity contribution in [3.8, 4) is 0 Å². The van der Waals surface area contributed by atoms with Crippen LogP contribution in [0.5, 0.6) is 0 Å². The quantitative estimate of drug-likeness (QED) is 0.846. The van der Waals surface area contributed by atoms with E-state index in [4.69, 9.17) is 5.11 Å². The zero-order chi connectivity index (χ0) is 15.5. The van der Waals surface area contributed by atoms with Crippen molar-refractivity contribution in [3.63, 3.8) is 0 Å². The number of nitrogens with one attached hydrogen (secondary N) is 1. The Morgan fingerprint density at radius 1 is 1.24 bits per heavy atom. The van der Waals surface area contributed by atoms with Gasteiger partial charge in [0, 0.05) is 6.54 Å². The Morgan fingerprint density at radius 2 is 1.86 bits per heavy atom. The summed E-state index contributed by atoms with van der Waals surface area (Å²) in [4.78, 5) is 23.6. The van der Waals surface area contributed by atoms with E-state index >= 15 is 0 Å². The number of hydrogen-bond acceptors (Lipinski definition) is 2. The molecule has 1 aliphatic carbocycles. The van der Waals surface area contributed by atoms with Crippen LogP contribution < -0.4 is 5.32 Å². The standard InChI is InChI=1S/C17H23NO3/c1-16(2,15(20)21)11-12-18-14(19)17(9-6-10-17)13-7-4-3-5-8-13/h3-5,7-8H,6,9-12H2,1-2H3,(H,18,19)(H,20,21). The predicted octanol–water partition coefficient (Wildman–Crippen LogP) is 2.73. The van der Waals surface area contributed by atoms with Gasteiger partial charge in [-0.25, -0.2) is 0 Å². The van der Waals surface area contributed by atoms with E-state index in [1.54, 1.807) is 13.8 Å². The van der Waals surface area contributed by atoms with Gasteiger partial charge >= 0.3 is 5.97 Å². The largest absolute Gasteiger partial charge is 0.481 e.